The van der Waals surface area contributed by atoms with Crippen LogP contribution >= 0.6 is 0 Å². The topological polar surface area (TPSA) is 52.6 Å². The summed E-state index contributed by atoms with van der Waals surface area (Å²) in [6.45, 7) is 3.85. The highest BCUT2D eigenvalue weighted by molar-refractivity contribution is 5.72. The molecule has 1 aliphatic rings. The third-order valence-electron chi connectivity index (χ3n) is 4.24. The molecule has 126 valence electrons. The van der Waals surface area contributed by atoms with Crippen LogP contribution in [0.3, 0.4) is 0 Å². The molecule has 0 radical (unpaired) electrons. The molecule has 0 heterocycles. The van der Waals surface area contributed by atoms with Crippen molar-refractivity contribution >= 4 is 11.9 Å². The summed E-state index contributed by atoms with van der Waals surface area (Å²) < 4.78 is 10.5. The minimum absolute atomic E-state index is 0.130. The Labute approximate surface area is 138 Å². The van der Waals surface area contributed by atoms with Crippen LogP contribution in [-0.2, 0) is 20.9 Å². The van der Waals surface area contributed by atoms with Crippen molar-refractivity contribution in [2.45, 2.75) is 59.0 Å². The molecule has 0 spiro atoms. The van der Waals surface area contributed by atoms with Gasteiger partial charge in [0.25, 0.3) is 0 Å². The molecule has 23 heavy (non-hydrogen) atoms. The predicted molar refractivity (Wildman–Crippen MR) is 87.9 cm³/mol. The van der Waals surface area contributed by atoms with Gasteiger partial charge in [0, 0.05) is 6.42 Å². The summed E-state index contributed by atoms with van der Waals surface area (Å²) in [6.07, 6.45) is 6.50. The highest BCUT2D eigenvalue weighted by atomic mass is 16.5. The van der Waals surface area contributed by atoms with E-state index in [1.165, 1.54) is 25.7 Å². The van der Waals surface area contributed by atoms with Gasteiger partial charge in [-0.2, -0.15) is 0 Å². The van der Waals surface area contributed by atoms with Crippen molar-refractivity contribution in [3.63, 3.8) is 0 Å². The Bertz CT molecular complexity index is 513. The van der Waals surface area contributed by atoms with E-state index >= 15 is 0 Å². The maximum atomic E-state index is 11.9. The molecule has 0 aliphatic heterocycles. The summed E-state index contributed by atoms with van der Waals surface area (Å²) in [5.41, 5.74) is 0.879. The number of ether oxygens (including phenoxy) is 2. The van der Waals surface area contributed by atoms with Gasteiger partial charge < -0.3 is 9.47 Å². The highest BCUT2D eigenvalue weighted by Gasteiger charge is 2.17. The molecule has 0 N–H and O–H groups in total. The molecule has 0 atom stereocenters. The zero-order valence-electron chi connectivity index (χ0n) is 14.0. The number of carbonyl (C=O) groups excluding carboxylic acids is 2. The van der Waals surface area contributed by atoms with E-state index in [0.29, 0.717) is 18.1 Å². The Morgan fingerprint density at radius 3 is 2.39 bits per heavy atom. The van der Waals surface area contributed by atoms with E-state index in [1.807, 2.05) is 12.1 Å². The molecule has 0 unspecified atom stereocenters. The van der Waals surface area contributed by atoms with E-state index in [2.05, 4.69) is 0 Å². The van der Waals surface area contributed by atoms with Crippen molar-refractivity contribution in [1.82, 2.24) is 0 Å². The summed E-state index contributed by atoms with van der Waals surface area (Å²) in [7, 11) is 0. The molecule has 1 aromatic rings. The van der Waals surface area contributed by atoms with E-state index in [0.717, 1.165) is 12.0 Å². The van der Waals surface area contributed by atoms with Gasteiger partial charge in [0.05, 0.1) is 5.92 Å². The molecule has 1 aromatic carbocycles. The Hall–Kier alpha value is -1.84. The lowest BCUT2D eigenvalue weighted by Crippen LogP contribution is -2.11. The van der Waals surface area contributed by atoms with Gasteiger partial charge in [-0.05, 0) is 30.0 Å². The average Bonchev–Trinajstić information content (AvgIpc) is 3.05. The molecular formula is C19H26O4. The smallest absolute Gasteiger partial charge is 0.311 e. The van der Waals surface area contributed by atoms with Gasteiger partial charge in [-0.15, -0.1) is 0 Å². The number of esters is 2. The van der Waals surface area contributed by atoms with Crippen LogP contribution in [0.2, 0.25) is 0 Å². The van der Waals surface area contributed by atoms with Gasteiger partial charge in [-0.3, -0.25) is 9.59 Å². The maximum absolute atomic E-state index is 11.9. The third kappa shape index (κ3) is 6.05. The van der Waals surface area contributed by atoms with Gasteiger partial charge in [0.15, 0.2) is 0 Å². The summed E-state index contributed by atoms with van der Waals surface area (Å²) >= 11 is 0. The predicted octanol–water partition coefficient (Wildman–Crippen LogP) is 4.26. The molecule has 2 rings (SSSR count). The lowest BCUT2D eigenvalue weighted by Gasteiger charge is -2.09. The number of hydrogen-bond acceptors (Lipinski definition) is 4. The Kier molecular flexibility index (Phi) is 6.63. The van der Waals surface area contributed by atoms with Gasteiger partial charge in [-0.1, -0.05) is 51.7 Å². The van der Waals surface area contributed by atoms with Crippen molar-refractivity contribution in [1.29, 1.82) is 0 Å². The number of benzene rings is 1. The van der Waals surface area contributed by atoms with E-state index < -0.39 is 0 Å². The molecule has 4 heteroatoms. The van der Waals surface area contributed by atoms with Gasteiger partial charge in [-0.25, -0.2) is 0 Å². The SMILES string of the molecule is CC(C)C(=O)OCc1ccc(OC(=O)CCC2CCCC2)cc1. The monoisotopic (exact) mass is 318 g/mol. The van der Waals surface area contributed by atoms with Crippen LogP contribution in [0, 0.1) is 11.8 Å². The summed E-state index contributed by atoms with van der Waals surface area (Å²) in [4.78, 5) is 23.3. The van der Waals surface area contributed by atoms with Crippen LogP contribution in [0.4, 0.5) is 0 Å². The van der Waals surface area contributed by atoms with Crippen LogP contribution in [0.1, 0.15) is 57.9 Å². The normalized spacial score (nSPS) is 14.9. The largest absolute Gasteiger partial charge is 0.461 e. The third-order valence-corrected chi connectivity index (χ3v) is 4.24. The maximum Gasteiger partial charge on any atom is 0.311 e. The second-order valence-corrected chi connectivity index (χ2v) is 6.57. The molecule has 0 aromatic heterocycles. The van der Waals surface area contributed by atoms with Crippen LogP contribution in [0.25, 0.3) is 0 Å². The molecule has 4 nitrogen and oxygen atoms in total. The summed E-state index contributed by atoms with van der Waals surface area (Å²) in [5.74, 6) is 0.722. The van der Waals surface area contributed by atoms with Crippen molar-refractivity contribution in [2.75, 3.05) is 0 Å². The first kappa shape index (κ1) is 17.5. The van der Waals surface area contributed by atoms with Crippen molar-refractivity contribution in [2.24, 2.45) is 11.8 Å². The van der Waals surface area contributed by atoms with Crippen molar-refractivity contribution < 1.29 is 19.1 Å². The molecule has 1 fully saturated rings. The Morgan fingerprint density at radius 1 is 1.13 bits per heavy atom. The number of hydrogen-bond donors (Lipinski definition) is 0. The number of rotatable bonds is 7. The Morgan fingerprint density at radius 2 is 1.78 bits per heavy atom. The van der Waals surface area contributed by atoms with Crippen LogP contribution in [0.5, 0.6) is 5.75 Å². The molecular weight excluding hydrogens is 292 g/mol. The fraction of sp³-hybridized carbons (Fsp3) is 0.579. The fourth-order valence-corrected chi connectivity index (χ4v) is 2.78. The lowest BCUT2D eigenvalue weighted by atomic mass is 10.0. The first-order valence-corrected chi connectivity index (χ1v) is 8.51. The average molecular weight is 318 g/mol. The highest BCUT2D eigenvalue weighted by Crippen LogP contribution is 2.28. The minimum Gasteiger partial charge on any atom is -0.461 e. The molecule has 0 amide bonds. The molecule has 1 saturated carbocycles. The number of carbonyl (C=O) groups is 2. The first-order chi connectivity index (χ1) is 11.0. The quantitative estimate of drug-likeness (QED) is 0.557. The van der Waals surface area contributed by atoms with Crippen LogP contribution in [0.15, 0.2) is 24.3 Å². The van der Waals surface area contributed by atoms with Gasteiger partial charge in [0.1, 0.15) is 12.4 Å². The summed E-state index contributed by atoms with van der Waals surface area (Å²) in [5, 5.41) is 0. The van der Waals surface area contributed by atoms with E-state index in [4.69, 9.17) is 9.47 Å². The zero-order valence-corrected chi connectivity index (χ0v) is 14.0. The van der Waals surface area contributed by atoms with Gasteiger partial charge in [0.2, 0.25) is 0 Å². The van der Waals surface area contributed by atoms with Gasteiger partial charge >= 0.3 is 11.9 Å². The fourth-order valence-electron chi connectivity index (χ4n) is 2.78. The van der Waals surface area contributed by atoms with Crippen molar-refractivity contribution in [3.05, 3.63) is 29.8 Å². The second-order valence-electron chi connectivity index (χ2n) is 6.57. The molecule has 1 aliphatic carbocycles. The lowest BCUT2D eigenvalue weighted by molar-refractivity contribution is -0.148. The van der Waals surface area contributed by atoms with E-state index in [1.54, 1.807) is 26.0 Å². The van der Waals surface area contributed by atoms with Crippen molar-refractivity contribution in [3.8, 4) is 5.75 Å². The molecule has 0 bridgehead atoms. The van der Waals surface area contributed by atoms with Crippen LogP contribution < -0.4 is 4.74 Å². The first-order valence-electron chi connectivity index (χ1n) is 8.51. The van der Waals surface area contributed by atoms with Crippen LogP contribution in [-0.4, -0.2) is 11.9 Å². The van der Waals surface area contributed by atoms with E-state index in [9.17, 15) is 9.59 Å². The Balaban J connectivity index is 1.73. The summed E-state index contributed by atoms with van der Waals surface area (Å²) in [6, 6.07) is 7.11. The standard InChI is InChI=1S/C19H26O4/c1-14(2)19(21)22-13-16-7-10-17(11-8-16)23-18(20)12-9-15-5-3-4-6-15/h7-8,10-11,14-15H,3-6,9,12-13H2,1-2H3. The molecule has 0 saturated heterocycles. The second kappa shape index (κ2) is 8.70. The minimum atomic E-state index is -0.215. The zero-order chi connectivity index (χ0) is 16.7. The van der Waals surface area contributed by atoms with E-state index in [-0.39, 0.29) is 24.5 Å².